The second-order valence-electron chi connectivity index (χ2n) is 4.96. The lowest BCUT2D eigenvalue weighted by Crippen LogP contribution is -2.15. The molecule has 0 radical (unpaired) electrons. The molecular formula is C14H17F3O. The number of hydrogen-bond donors (Lipinski definition) is 1. The van der Waals surface area contributed by atoms with Crippen molar-refractivity contribution < 1.29 is 18.3 Å². The Bertz CT molecular complexity index is 400. The fraction of sp³-hybridized carbons (Fsp3) is 0.571. The second kappa shape index (κ2) is 5.31. The first-order chi connectivity index (χ1) is 8.48. The first-order valence-corrected chi connectivity index (χ1v) is 6.32. The first kappa shape index (κ1) is 13.4. The minimum Gasteiger partial charge on any atom is -0.393 e. The van der Waals surface area contributed by atoms with Gasteiger partial charge in [-0.05, 0) is 36.8 Å². The minimum atomic E-state index is -4.31. The highest BCUT2D eigenvalue weighted by atomic mass is 19.4. The molecule has 0 spiro atoms. The van der Waals surface area contributed by atoms with Gasteiger partial charge in [-0.25, -0.2) is 0 Å². The van der Waals surface area contributed by atoms with Gasteiger partial charge in [0.05, 0.1) is 11.7 Å². The Kier molecular flexibility index (Phi) is 3.95. The zero-order chi connectivity index (χ0) is 13.2. The van der Waals surface area contributed by atoms with Crippen LogP contribution in [0.3, 0.4) is 0 Å². The van der Waals surface area contributed by atoms with E-state index in [1.165, 1.54) is 6.07 Å². The SMILES string of the molecule is OC1CCCCC(c2ccccc2C(F)(F)F)C1. The molecule has 4 heteroatoms. The van der Waals surface area contributed by atoms with E-state index >= 15 is 0 Å². The summed E-state index contributed by atoms with van der Waals surface area (Å²) in [5.41, 5.74) is -0.213. The fourth-order valence-corrected chi connectivity index (χ4v) is 2.73. The van der Waals surface area contributed by atoms with Crippen LogP contribution in [-0.4, -0.2) is 11.2 Å². The van der Waals surface area contributed by atoms with Gasteiger partial charge in [0.1, 0.15) is 0 Å². The number of hydrogen-bond acceptors (Lipinski definition) is 1. The van der Waals surface area contributed by atoms with Crippen LogP contribution in [0.2, 0.25) is 0 Å². The Balaban J connectivity index is 2.32. The van der Waals surface area contributed by atoms with Crippen molar-refractivity contribution in [3.63, 3.8) is 0 Å². The van der Waals surface area contributed by atoms with Crippen LogP contribution in [0.15, 0.2) is 24.3 Å². The van der Waals surface area contributed by atoms with Crippen LogP contribution < -0.4 is 0 Å². The molecule has 0 aliphatic heterocycles. The number of halogens is 3. The van der Waals surface area contributed by atoms with Crippen LogP contribution in [0.4, 0.5) is 13.2 Å². The third kappa shape index (κ3) is 3.05. The summed E-state index contributed by atoms with van der Waals surface area (Å²) in [5.74, 6) is -0.180. The molecule has 1 aliphatic carbocycles. The van der Waals surface area contributed by atoms with Gasteiger partial charge in [-0.1, -0.05) is 31.0 Å². The summed E-state index contributed by atoms with van der Waals surface area (Å²) in [5, 5.41) is 9.73. The fourth-order valence-electron chi connectivity index (χ4n) is 2.73. The van der Waals surface area contributed by atoms with E-state index in [0.29, 0.717) is 18.4 Å². The summed E-state index contributed by atoms with van der Waals surface area (Å²) < 4.78 is 38.8. The van der Waals surface area contributed by atoms with Crippen molar-refractivity contribution in [2.45, 2.75) is 50.3 Å². The smallest absolute Gasteiger partial charge is 0.393 e. The average molecular weight is 258 g/mol. The maximum absolute atomic E-state index is 12.9. The van der Waals surface area contributed by atoms with Crippen LogP contribution in [0.5, 0.6) is 0 Å². The van der Waals surface area contributed by atoms with Crippen LogP contribution in [0.25, 0.3) is 0 Å². The van der Waals surface area contributed by atoms with Crippen molar-refractivity contribution in [3.8, 4) is 0 Å². The quantitative estimate of drug-likeness (QED) is 0.751. The van der Waals surface area contributed by atoms with Gasteiger partial charge in [-0.3, -0.25) is 0 Å². The Morgan fingerprint density at radius 3 is 2.44 bits per heavy atom. The van der Waals surface area contributed by atoms with Crippen LogP contribution in [0.1, 0.15) is 49.1 Å². The van der Waals surface area contributed by atoms with Gasteiger partial charge in [0, 0.05) is 0 Å². The Morgan fingerprint density at radius 1 is 1.06 bits per heavy atom. The van der Waals surface area contributed by atoms with E-state index in [9.17, 15) is 18.3 Å². The molecule has 1 nitrogen and oxygen atoms in total. The van der Waals surface area contributed by atoms with E-state index in [-0.39, 0.29) is 5.92 Å². The van der Waals surface area contributed by atoms with E-state index in [1.807, 2.05) is 0 Å². The molecule has 100 valence electrons. The van der Waals surface area contributed by atoms with E-state index < -0.39 is 17.8 Å². The molecule has 1 fully saturated rings. The van der Waals surface area contributed by atoms with Crippen molar-refractivity contribution in [2.24, 2.45) is 0 Å². The number of benzene rings is 1. The van der Waals surface area contributed by atoms with Crippen LogP contribution >= 0.6 is 0 Å². The summed E-state index contributed by atoms with van der Waals surface area (Å²) in [4.78, 5) is 0. The molecule has 1 aromatic rings. The summed E-state index contributed by atoms with van der Waals surface area (Å²) in [7, 11) is 0. The zero-order valence-corrected chi connectivity index (χ0v) is 10.1. The Hall–Kier alpha value is -1.03. The van der Waals surface area contributed by atoms with Crippen molar-refractivity contribution in [3.05, 3.63) is 35.4 Å². The van der Waals surface area contributed by atoms with Gasteiger partial charge >= 0.3 is 6.18 Å². The largest absolute Gasteiger partial charge is 0.416 e. The standard InChI is InChI=1S/C14H17F3O/c15-14(16,17)13-8-4-3-7-12(13)10-5-1-2-6-11(18)9-10/h3-4,7-8,10-11,18H,1-2,5-6,9H2. The van der Waals surface area contributed by atoms with Crippen molar-refractivity contribution in [2.75, 3.05) is 0 Å². The molecule has 0 bridgehead atoms. The zero-order valence-electron chi connectivity index (χ0n) is 10.1. The van der Waals surface area contributed by atoms with Gasteiger partial charge in [0.25, 0.3) is 0 Å². The number of alkyl halides is 3. The molecule has 1 aromatic carbocycles. The van der Waals surface area contributed by atoms with E-state index in [2.05, 4.69) is 0 Å². The summed E-state index contributed by atoms with van der Waals surface area (Å²) >= 11 is 0. The monoisotopic (exact) mass is 258 g/mol. The van der Waals surface area contributed by atoms with Crippen molar-refractivity contribution in [1.82, 2.24) is 0 Å². The van der Waals surface area contributed by atoms with E-state index in [1.54, 1.807) is 12.1 Å². The topological polar surface area (TPSA) is 20.2 Å². The highest BCUT2D eigenvalue weighted by Gasteiger charge is 2.35. The molecule has 2 rings (SSSR count). The lowest BCUT2D eigenvalue weighted by atomic mass is 9.87. The third-order valence-corrected chi connectivity index (χ3v) is 3.60. The predicted octanol–water partition coefficient (Wildman–Crippen LogP) is 4.11. The summed E-state index contributed by atoms with van der Waals surface area (Å²) in [6.45, 7) is 0. The molecule has 0 aromatic heterocycles. The molecule has 0 saturated heterocycles. The Morgan fingerprint density at radius 2 is 1.72 bits per heavy atom. The molecule has 18 heavy (non-hydrogen) atoms. The van der Waals surface area contributed by atoms with Gasteiger partial charge in [-0.2, -0.15) is 13.2 Å². The molecule has 0 heterocycles. The average Bonchev–Trinajstić information content (AvgIpc) is 2.53. The number of aliphatic hydroxyl groups excluding tert-OH is 1. The molecule has 2 atom stereocenters. The molecule has 1 aliphatic rings. The Labute approximate surface area is 105 Å². The molecular weight excluding hydrogens is 241 g/mol. The molecule has 1 saturated carbocycles. The van der Waals surface area contributed by atoms with E-state index in [0.717, 1.165) is 25.3 Å². The summed E-state index contributed by atoms with van der Waals surface area (Å²) in [6.07, 6.45) is -1.14. The van der Waals surface area contributed by atoms with Gasteiger partial charge < -0.3 is 5.11 Å². The highest BCUT2D eigenvalue weighted by Crippen LogP contribution is 2.39. The summed E-state index contributed by atoms with van der Waals surface area (Å²) in [6, 6.07) is 5.74. The lowest BCUT2D eigenvalue weighted by Gasteiger charge is -2.21. The van der Waals surface area contributed by atoms with Crippen molar-refractivity contribution in [1.29, 1.82) is 0 Å². The second-order valence-corrected chi connectivity index (χ2v) is 4.96. The third-order valence-electron chi connectivity index (χ3n) is 3.60. The number of rotatable bonds is 1. The van der Waals surface area contributed by atoms with Crippen LogP contribution in [-0.2, 0) is 6.18 Å². The van der Waals surface area contributed by atoms with Gasteiger partial charge in [0.2, 0.25) is 0 Å². The highest BCUT2D eigenvalue weighted by molar-refractivity contribution is 5.33. The van der Waals surface area contributed by atoms with Gasteiger partial charge in [-0.15, -0.1) is 0 Å². The molecule has 0 amide bonds. The predicted molar refractivity (Wildman–Crippen MR) is 63.3 cm³/mol. The molecule has 2 unspecified atom stereocenters. The lowest BCUT2D eigenvalue weighted by molar-refractivity contribution is -0.138. The minimum absolute atomic E-state index is 0.180. The van der Waals surface area contributed by atoms with Gasteiger partial charge in [0.15, 0.2) is 0 Å². The normalized spacial score (nSPS) is 25.8. The molecule has 1 N–H and O–H groups in total. The van der Waals surface area contributed by atoms with Crippen molar-refractivity contribution >= 4 is 0 Å². The van der Waals surface area contributed by atoms with Crippen LogP contribution in [0, 0.1) is 0 Å². The number of aliphatic hydroxyl groups is 1. The van der Waals surface area contributed by atoms with E-state index in [4.69, 9.17) is 0 Å². The first-order valence-electron chi connectivity index (χ1n) is 6.32. The maximum atomic E-state index is 12.9. The maximum Gasteiger partial charge on any atom is 0.416 e.